The van der Waals surface area contributed by atoms with Crippen LogP contribution in [0.5, 0.6) is 0 Å². The Balaban J connectivity index is 1.97. The zero-order valence-corrected chi connectivity index (χ0v) is 12.9. The van der Waals surface area contributed by atoms with Crippen molar-refractivity contribution in [2.24, 2.45) is 18.7 Å². The number of hydrogen-bond donors (Lipinski definition) is 1. The number of nitrogens with two attached hydrogens (primary N) is 1. The van der Waals surface area contributed by atoms with Gasteiger partial charge < -0.3 is 10.3 Å². The molecule has 0 amide bonds. The van der Waals surface area contributed by atoms with Gasteiger partial charge in [-0.1, -0.05) is 35.2 Å². The van der Waals surface area contributed by atoms with E-state index in [-0.39, 0.29) is 6.04 Å². The van der Waals surface area contributed by atoms with Gasteiger partial charge in [-0.15, -0.1) is 0 Å². The highest BCUT2D eigenvalue weighted by molar-refractivity contribution is 9.10. The predicted octanol–water partition coefficient (Wildman–Crippen LogP) is 3.92. The fourth-order valence-corrected chi connectivity index (χ4v) is 3.54. The number of fused-ring (bicyclic) bond motifs is 1. The number of halogens is 1. The summed E-state index contributed by atoms with van der Waals surface area (Å²) in [5, 5.41) is 0. The van der Waals surface area contributed by atoms with E-state index in [1.165, 1.54) is 32.1 Å². The number of nitrogens with zero attached hydrogens (tertiary/aromatic N) is 2. The quantitative estimate of drug-likeness (QED) is 0.911. The summed E-state index contributed by atoms with van der Waals surface area (Å²) in [4.78, 5) is 4.76. The normalized spacial score (nSPS) is 18.9. The summed E-state index contributed by atoms with van der Waals surface area (Å²) < 4.78 is 3.22. The minimum absolute atomic E-state index is 0.0662. The van der Waals surface area contributed by atoms with Crippen molar-refractivity contribution in [1.29, 1.82) is 0 Å². The standard InChI is InChI=1S/C15H20BrN3/c1-19-13-8-7-11(16)9-12(13)18-15(19)14(17)10-5-3-2-4-6-10/h7-10,14H,2-6,17H2,1H3. The first-order valence-corrected chi connectivity index (χ1v) is 7.83. The average molecular weight is 322 g/mol. The number of hydrogen-bond acceptors (Lipinski definition) is 2. The highest BCUT2D eigenvalue weighted by Gasteiger charge is 2.25. The number of aryl methyl sites for hydroxylation is 1. The SMILES string of the molecule is Cn1c(C(N)C2CCCCC2)nc2cc(Br)ccc21. The molecule has 1 aromatic carbocycles. The molecule has 2 N–H and O–H groups in total. The maximum Gasteiger partial charge on any atom is 0.126 e. The molecule has 1 unspecified atom stereocenters. The van der Waals surface area contributed by atoms with Gasteiger partial charge in [0.05, 0.1) is 17.1 Å². The maximum atomic E-state index is 6.48. The molecular weight excluding hydrogens is 302 g/mol. The van der Waals surface area contributed by atoms with Crippen LogP contribution >= 0.6 is 15.9 Å². The Hall–Kier alpha value is -0.870. The van der Waals surface area contributed by atoms with Gasteiger partial charge in [0.15, 0.2) is 0 Å². The van der Waals surface area contributed by atoms with Crippen molar-refractivity contribution in [2.75, 3.05) is 0 Å². The van der Waals surface area contributed by atoms with Crippen LogP contribution in [0, 0.1) is 5.92 Å². The van der Waals surface area contributed by atoms with Crippen molar-refractivity contribution < 1.29 is 0 Å². The smallest absolute Gasteiger partial charge is 0.126 e. The van der Waals surface area contributed by atoms with Crippen molar-refractivity contribution >= 4 is 27.0 Å². The minimum Gasteiger partial charge on any atom is -0.330 e. The zero-order chi connectivity index (χ0) is 13.4. The Morgan fingerprint density at radius 2 is 2.05 bits per heavy atom. The molecule has 1 fully saturated rings. The summed E-state index contributed by atoms with van der Waals surface area (Å²) in [6.45, 7) is 0. The van der Waals surface area contributed by atoms with Gasteiger partial charge in [0.1, 0.15) is 5.82 Å². The maximum absolute atomic E-state index is 6.48. The molecule has 3 rings (SSSR count). The van der Waals surface area contributed by atoms with Crippen molar-refractivity contribution in [1.82, 2.24) is 9.55 Å². The van der Waals surface area contributed by atoms with Crippen LogP contribution < -0.4 is 5.73 Å². The summed E-state index contributed by atoms with van der Waals surface area (Å²) in [7, 11) is 2.07. The number of benzene rings is 1. The molecule has 4 heteroatoms. The van der Waals surface area contributed by atoms with Gasteiger partial charge in [-0.25, -0.2) is 4.98 Å². The molecule has 19 heavy (non-hydrogen) atoms. The molecule has 0 aliphatic heterocycles. The third-order valence-corrected chi connectivity index (χ3v) is 4.83. The topological polar surface area (TPSA) is 43.8 Å². The van der Waals surface area contributed by atoms with E-state index in [4.69, 9.17) is 10.7 Å². The van der Waals surface area contributed by atoms with Crippen LogP contribution in [-0.2, 0) is 7.05 Å². The lowest BCUT2D eigenvalue weighted by molar-refractivity contribution is 0.298. The van der Waals surface area contributed by atoms with E-state index < -0.39 is 0 Å². The van der Waals surface area contributed by atoms with Gasteiger partial charge in [0, 0.05) is 11.5 Å². The summed E-state index contributed by atoms with van der Waals surface area (Å²) in [6, 6.07) is 6.28. The molecule has 1 atom stereocenters. The van der Waals surface area contributed by atoms with Crippen LogP contribution in [0.15, 0.2) is 22.7 Å². The number of rotatable bonds is 2. The molecule has 1 aliphatic carbocycles. The molecule has 1 saturated carbocycles. The highest BCUT2D eigenvalue weighted by Crippen LogP contribution is 2.33. The van der Waals surface area contributed by atoms with E-state index in [0.717, 1.165) is 21.3 Å². The lowest BCUT2D eigenvalue weighted by Crippen LogP contribution is -2.26. The van der Waals surface area contributed by atoms with E-state index >= 15 is 0 Å². The molecule has 0 bridgehead atoms. The summed E-state index contributed by atoms with van der Waals surface area (Å²) in [5.74, 6) is 1.62. The van der Waals surface area contributed by atoms with Crippen molar-refractivity contribution in [2.45, 2.75) is 38.1 Å². The fourth-order valence-electron chi connectivity index (χ4n) is 3.19. The van der Waals surface area contributed by atoms with Crippen LogP contribution in [0.1, 0.15) is 44.0 Å². The summed E-state index contributed by atoms with van der Waals surface area (Å²) in [5.41, 5.74) is 8.66. The van der Waals surface area contributed by atoms with Gasteiger partial charge in [0.2, 0.25) is 0 Å². The predicted molar refractivity (Wildman–Crippen MR) is 81.9 cm³/mol. The van der Waals surface area contributed by atoms with Crippen LogP contribution in [0.4, 0.5) is 0 Å². The first-order chi connectivity index (χ1) is 9.16. The van der Waals surface area contributed by atoms with Gasteiger partial charge in [-0.3, -0.25) is 0 Å². The minimum atomic E-state index is 0.0662. The Labute approximate surface area is 122 Å². The van der Waals surface area contributed by atoms with Crippen molar-refractivity contribution in [3.05, 3.63) is 28.5 Å². The van der Waals surface area contributed by atoms with Gasteiger partial charge in [0.25, 0.3) is 0 Å². The van der Waals surface area contributed by atoms with Crippen molar-refractivity contribution in [3.63, 3.8) is 0 Å². The van der Waals surface area contributed by atoms with Gasteiger partial charge in [-0.05, 0) is 37.0 Å². The zero-order valence-electron chi connectivity index (χ0n) is 11.3. The first-order valence-electron chi connectivity index (χ1n) is 7.04. The molecule has 2 aromatic rings. The molecule has 0 radical (unpaired) electrons. The van der Waals surface area contributed by atoms with Crippen LogP contribution in [0.2, 0.25) is 0 Å². The Kier molecular flexibility index (Phi) is 3.63. The molecule has 102 valence electrons. The third-order valence-electron chi connectivity index (χ3n) is 4.33. The number of imidazole rings is 1. The Morgan fingerprint density at radius 1 is 1.32 bits per heavy atom. The second kappa shape index (κ2) is 5.25. The van der Waals surface area contributed by atoms with Gasteiger partial charge >= 0.3 is 0 Å². The molecule has 1 heterocycles. The average Bonchev–Trinajstić information content (AvgIpc) is 2.75. The lowest BCUT2D eigenvalue weighted by atomic mass is 9.84. The molecule has 0 spiro atoms. The highest BCUT2D eigenvalue weighted by atomic mass is 79.9. The van der Waals surface area contributed by atoms with Crippen LogP contribution in [0.3, 0.4) is 0 Å². The van der Waals surface area contributed by atoms with E-state index in [0.29, 0.717) is 5.92 Å². The summed E-state index contributed by atoms with van der Waals surface area (Å²) >= 11 is 3.50. The molecule has 3 nitrogen and oxygen atoms in total. The van der Waals surface area contributed by atoms with Gasteiger partial charge in [-0.2, -0.15) is 0 Å². The monoisotopic (exact) mass is 321 g/mol. The Morgan fingerprint density at radius 3 is 2.79 bits per heavy atom. The van der Waals surface area contributed by atoms with E-state index in [9.17, 15) is 0 Å². The number of aromatic nitrogens is 2. The van der Waals surface area contributed by atoms with Crippen molar-refractivity contribution in [3.8, 4) is 0 Å². The van der Waals surface area contributed by atoms with E-state index in [2.05, 4.69) is 45.7 Å². The molecular formula is C15H20BrN3. The largest absolute Gasteiger partial charge is 0.330 e. The molecule has 1 aliphatic rings. The Bertz CT molecular complexity index is 584. The second-order valence-corrected chi connectivity index (χ2v) is 6.50. The first kappa shape index (κ1) is 13.1. The summed E-state index contributed by atoms with van der Waals surface area (Å²) in [6.07, 6.45) is 6.47. The molecule has 1 aromatic heterocycles. The van der Waals surface area contributed by atoms with Crippen LogP contribution in [-0.4, -0.2) is 9.55 Å². The van der Waals surface area contributed by atoms with E-state index in [1.807, 2.05) is 0 Å². The fraction of sp³-hybridized carbons (Fsp3) is 0.533. The lowest BCUT2D eigenvalue weighted by Gasteiger charge is -2.27. The van der Waals surface area contributed by atoms with Crippen LogP contribution in [0.25, 0.3) is 11.0 Å². The second-order valence-electron chi connectivity index (χ2n) is 5.59. The van der Waals surface area contributed by atoms with E-state index in [1.54, 1.807) is 0 Å². The molecule has 0 saturated heterocycles. The third kappa shape index (κ3) is 2.43.